The van der Waals surface area contributed by atoms with Gasteiger partial charge in [0, 0.05) is 30.9 Å². The number of carbonyl (C=O) groups is 1. The molecule has 5 heteroatoms. The van der Waals surface area contributed by atoms with Crippen LogP contribution in [0.4, 0.5) is 5.69 Å². The van der Waals surface area contributed by atoms with Crippen molar-refractivity contribution in [3.05, 3.63) is 29.3 Å². The van der Waals surface area contributed by atoms with Crippen LogP contribution < -0.4 is 16.8 Å². The van der Waals surface area contributed by atoms with Gasteiger partial charge in [0.25, 0.3) is 0 Å². The highest BCUT2D eigenvalue weighted by molar-refractivity contribution is 5.93. The van der Waals surface area contributed by atoms with Gasteiger partial charge in [-0.15, -0.1) is 0 Å². The third-order valence-electron chi connectivity index (χ3n) is 2.48. The van der Waals surface area contributed by atoms with E-state index in [1.807, 2.05) is 20.2 Å². The minimum absolute atomic E-state index is 0.444. The van der Waals surface area contributed by atoms with Crippen molar-refractivity contribution in [3.63, 3.8) is 0 Å². The second-order valence-electron chi connectivity index (χ2n) is 4.26. The number of hydrogen-bond donors (Lipinski definition) is 3. The van der Waals surface area contributed by atoms with Gasteiger partial charge >= 0.3 is 0 Å². The number of nitrogens with two attached hydrogens (primary N) is 2. The van der Waals surface area contributed by atoms with E-state index in [0.717, 1.165) is 18.7 Å². The zero-order valence-electron chi connectivity index (χ0n) is 10.4. The lowest BCUT2D eigenvalue weighted by Gasteiger charge is -2.11. The number of carbonyl (C=O) groups excluding carboxylic acids is 1. The molecular weight excluding hydrogens is 216 g/mol. The van der Waals surface area contributed by atoms with Crippen molar-refractivity contribution in [2.45, 2.75) is 6.54 Å². The highest BCUT2D eigenvalue weighted by Crippen LogP contribution is 2.13. The second-order valence-corrected chi connectivity index (χ2v) is 4.26. The summed E-state index contributed by atoms with van der Waals surface area (Å²) >= 11 is 0. The predicted octanol–water partition coefficient (Wildman–Crippen LogP) is 0.0189. The molecule has 1 rings (SSSR count). The van der Waals surface area contributed by atoms with Crippen LogP contribution in [0.15, 0.2) is 18.2 Å². The number of likely N-dealkylation sites (N-methyl/N-ethyl adjacent to an activating group) is 1. The number of nitrogens with zero attached hydrogens (tertiary/aromatic N) is 1. The lowest BCUT2D eigenvalue weighted by molar-refractivity contribution is 0.100. The van der Waals surface area contributed by atoms with Crippen LogP contribution in [0, 0.1) is 0 Å². The summed E-state index contributed by atoms with van der Waals surface area (Å²) in [6, 6.07) is 5.14. The predicted molar refractivity (Wildman–Crippen MR) is 69.6 cm³/mol. The molecule has 0 bridgehead atoms. The molecule has 1 amide bonds. The molecule has 5 nitrogen and oxygen atoms in total. The molecule has 94 valence electrons. The molecule has 0 heterocycles. The summed E-state index contributed by atoms with van der Waals surface area (Å²) in [6.07, 6.45) is 0. The van der Waals surface area contributed by atoms with E-state index in [4.69, 9.17) is 11.5 Å². The maximum atomic E-state index is 10.9. The highest BCUT2D eigenvalue weighted by atomic mass is 16.1. The van der Waals surface area contributed by atoms with Crippen molar-refractivity contribution in [1.82, 2.24) is 10.2 Å². The van der Waals surface area contributed by atoms with E-state index in [-0.39, 0.29) is 0 Å². The molecule has 17 heavy (non-hydrogen) atoms. The van der Waals surface area contributed by atoms with E-state index in [0.29, 0.717) is 17.8 Å². The fraction of sp³-hybridized carbons (Fsp3) is 0.417. The molecule has 0 unspecified atom stereocenters. The third-order valence-corrected chi connectivity index (χ3v) is 2.48. The summed E-state index contributed by atoms with van der Waals surface area (Å²) in [4.78, 5) is 13.0. The van der Waals surface area contributed by atoms with Crippen LogP contribution in [0.3, 0.4) is 0 Å². The third kappa shape index (κ3) is 4.42. The maximum Gasteiger partial charge on any atom is 0.248 e. The van der Waals surface area contributed by atoms with Gasteiger partial charge in [-0.1, -0.05) is 6.07 Å². The van der Waals surface area contributed by atoms with Crippen LogP contribution in [0.2, 0.25) is 0 Å². The number of amides is 1. The SMILES string of the molecule is CN(C)CCNCc1ccc(C(N)=O)cc1N. The lowest BCUT2D eigenvalue weighted by atomic mass is 10.1. The van der Waals surface area contributed by atoms with Crippen LogP contribution >= 0.6 is 0 Å². The maximum absolute atomic E-state index is 10.9. The number of nitrogens with one attached hydrogen (secondary N) is 1. The van der Waals surface area contributed by atoms with Gasteiger partial charge in [0.2, 0.25) is 5.91 Å². The Labute approximate surface area is 102 Å². The number of benzene rings is 1. The molecule has 0 aromatic heterocycles. The van der Waals surface area contributed by atoms with Gasteiger partial charge in [0.05, 0.1) is 0 Å². The average molecular weight is 236 g/mol. The normalized spacial score (nSPS) is 10.8. The van der Waals surface area contributed by atoms with Gasteiger partial charge in [-0.25, -0.2) is 0 Å². The van der Waals surface area contributed by atoms with Crippen LogP contribution in [-0.4, -0.2) is 38.0 Å². The Kier molecular flexibility index (Phi) is 4.93. The Morgan fingerprint density at radius 3 is 2.65 bits per heavy atom. The van der Waals surface area contributed by atoms with Crippen LogP contribution in [0.25, 0.3) is 0 Å². The molecule has 0 atom stereocenters. The fourth-order valence-corrected chi connectivity index (χ4v) is 1.43. The minimum Gasteiger partial charge on any atom is -0.398 e. The molecule has 0 fully saturated rings. The first-order valence-electron chi connectivity index (χ1n) is 5.54. The molecule has 5 N–H and O–H groups in total. The molecule has 0 aliphatic carbocycles. The summed E-state index contributed by atoms with van der Waals surface area (Å²) in [5.74, 6) is -0.455. The number of rotatable bonds is 6. The first kappa shape index (κ1) is 13.5. The van der Waals surface area contributed by atoms with Crippen molar-refractivity contribution < 1.29 is 4.79 Å². The van der Waals surface area contributed by atoms with Crippen molar-refractivity contribution in [2.24, 2.45) is 5.73 Å². The molecule has 1 aromatic rings. The molecule has 0 radical (unpaired) electrons. The van der Waals surface area contributed by atoms with Gasteiger partial charge in [0.1, 0.15) is 0 Å². The minimum atomic E-state index is -0.455. The molecular formula is C12H20N4O. The quantitative estimate of drug-likeness (QED) is 0.480. The summed E-state index contributed by atoms with van der Waals surface area (Å²) in [5, 5.41) is 3.28. The van der Waals surface area contributed by atoms with Crippen molar-refractivity contribution in [1.29, 1.82) is 0 Å². The lowest BCUT2D eigenvalue weighted by Crippen LogP contribution is -2.26. The standard InChI is InChI=1S/C12H20N4O/c1-16(2)6-5-15-8-10-4-3-9(12(14)17)7-11(10)13/h3-4,7,15H,5-6,8,13H2,1-2H3,(H2,14,17). The Hall–Kier alpha value is -1.59. The van der Waals surface area contributed by atoms with Gasteiger partial charge in [-0.2, -0.15) is 0 Å². The van der Waals surface area contributed by atoms with Gasteiger partial charge < -0.3 is 21.7 Å². The zero-order valence-corrected chi connectivity index (χ0v) is 10.4. The van der Waals surface area contributed by atoms with Crippen molar-refractivity contribution >= 4 is 11.6 Å². The largest absolute Gasteiger partial charge is 0.398 e. The molecule has 0 saturated carbocycles. The number of nitrogen functional groups attached to an aromatic ring is 1. The zero-order chi connectivity index (χ0) is 12.8. The van der Waals surface area contributed by atoms with Gasteiger partial charge in [-0.3, -0.25) is 4.79 Å². The van der Waals surface area contributed by atoms with Crippen LogP contribution in [0.5, 0.6) is 0 Å². The van der Waals surface area contributed by atoms with Gasteiger partial charge in [0.15, 0.2) is 0 Å². The Balaban J connectivity index is 2.52. The Bertz CT molecular complexity index is 390. The molecule has 0 aliphatic rings. The second kappa shape index (κ2) is 6.22. The molecule has 1 aromatic carbocycles. The Morgan fingerprint density at radius 2 is 2.12 bits per heavy atom. The van der Waals surface area contributed by atoms with Crippen molar-refractivity contribution in [2.75, 3.05) is 32.9 Å². The summed E-state index contributed by atoms with van der Waals surface area (Å²) in [7, 11) is 4.05. The van der Waals surface area contributed by atoms with E-state index >= 15 is 0 Å². The summed E-state index contributed by atoms with van der Waals surface area (Å²) < 4.78 is 0. The van der Waals surface area contributed by atoms with Crippen LogP contribution in [-0.2, 0) is 6.54 Å². The smallest absolute Gasteiger partial charge is 0.248 e. The number of primary amides is 1. The van der Waals surface area contributed by atoms with Gasteiger partial charge in [-0.05, 0) is 31.8 Å². The topological polar surface area (TPSA) is 84.4 Å². The van der Waals surface area contributed by atoms with E-state index in [1.54, 1.807) is 12.1 Å². The number of anilines is 1. The monoisotopic (exact) mass is 236 g/mol. The van der Waals surface area contributed by atoms with Crippen molar-refractivity contribution in [3.8, 4) is 0 Å². The first-order chi connectivity index (χ1) is 8.00. The van der Waals surface area contributed by atoms with E-state index in [1.165, 1.54) is 0 Å². The number of hydrogen-bond acceptors (Lipinski definition) is 4. The summed E-state index contributed by atoms with van der Waals surface area (Å²) in [5.41, 5.74) is 13.0. The molecule has 0 spiro atoms. The van der Waals surface area contributed by atoms with E-state index < -0.39 is 5.91 Å². The average Bonchev–Trinajstić information content (AvgIpc) is 2.25. The summed E-state index contributed by atoms with van der Waals surface area (Å²) in [6.45, 7) is 2.56. The first-order valence-corrected chi connectivity index (χ1v) is 5.54. The fourth-order valence-electron chi connectivity index (χ4n) is 1.43. The molecule has 0 aliphatic heterocycles. The van der Waals surface area contributed by atoms with E-state index in [9.17, 15) is 4.79 Å². The molecule has 0 saturated heterocycles. The van der Waals surface area contributed by atoms with E-state index in [2.05, 4.69) is 10.2 Å². The Morgan fingerprint density at radius 1 is 1.41 bits per heavy atom. The highest BCUT2D eigenvalue weighted by Gasteiger charge is 2.04. The van der Waals surface area contributed by atoms with Crippen LogP contribution in [0.1, 0.15) is 15.9 Å².